The molecular formula is C11H14N6OS2. The van der Waals surface area contributed by atoms with Gasteiger partial charge in [-0.2, -0.15) is 0 Å². The van der Waals surface area contributed by atoms with E-state index in [1.54, 1.807) is 4.68 Å². The molecule has 0 unspecified atom stereocenters. The summed E-state index contributed by atoms with van der Waals surface area (Å²) in [5, 5.41) is 15.7. The summed E-state index contributed by atoms with van der Waals surface area (Å²) in [5.41, 5.74) is 0.954. The number of carbonyl (C=O) groups excluding carboxylic acids is 1. The van der Waals surface area contributed by atoms with Gasteiger partial charge in [0.05, 0.1) is 17.5 Å². The van der Waals surface area contributed by atoms with E-state index in [9.17, 15) is 4.79 Å². The maximum Gasteiger partial charge on any atom is 0.236 e. The lowest BCUT2D eigenvalue weighted by molar-refractivity contribution is -0.113. The number of aromatic nitrogens is 5. The molecule has 20 heavy (non-hydrogen) atoms. The number of tetrazole rings is 1. The van der Waals surface area contributed by atoms with Crippen LogP contribution >= 0.6 is 23.1 Å². The van der Waals surface area contributed by atoms with Crippen LogP contribution in [-0.2, 0) is 4.79 Å². The maximum absolute atomic E-state index is 11.9. The summed E-state index contributed by atoms with van der Waals surface area (Å²) in [6.07, 6.45) is 2.23. The molecule has 1 aliphatic rings. The number of aryl methyl sites for hydroxylation is 2. The first-order valence-corrected chi connectivity index (χ1v) is 8.08. The summed E-state index contributed by atoms with van der Waals surface area (Å²) in [6.45, 7) is 3.92. The lowest BCUT2D eigenvalue weighted by Gasteiger charge is -2.02. The molecule has 7 nitrogen and oxygen atoms in total. The number of amides is 1. The van der Waals surface area contributed by atoms with Crippen LogP contribution in [0.4, 0.5) is 5.13 Å². The van der Waals surface area contributed by atoms with Crippen LogP contribution in [-0.4, -0.2) is 36.9 Å². The van der Waals surface area contributed by atoms with Crippen LogP contribution in [0.3, 0.4) is 0 Å². The Labute approximate surface area is 124 Å². The van der Waals surface area contributed by atoms with Gasteiger partial charge in [0, 0.05) is 4.88 Å². The quantitative estimate of drug-likeness (QED) is 0.848. The Morgan fingerprint density at radius 3 is 2.95 bits per heavy atom. The summed E-state index contributed by atoms with van der Waals surface area (Å²) in [4.78, 5) is 17.3. The number of thiazole rings is 1. The predicted molar refractivity (Wildman–Crippen MR) is 77.0 cm³/mol. The summed E-state index contributed by atoms with van der Waals surface area (Å²) < 4.78 is 1.80. The van der Waals surface area contributed by atoms with E-state index in [-0.39, 0.29) is 11.7 Å². The summed E-state index contributed by atoms with van der Waals surface area (Å²) >= 11 is 2.84. The van der Waals surface area contributed by atoms with E-state index in [1.807, 2.05) is 13.8 Å². The van der Waals surface area contributed by atoms with Crippen molar-refractivity contribution >= 4 is 34.1 Å². The zero-order valence-corrected chi connectivity index (χ0v) is 12.8. The third-order valence-electron chi connectivity index (χ3n) is 2.96. The largest absolute Gasteiger partial charge is 0.301 e. The first-order chi connectivity index (χ1) is 9.63. The number of thioether (sulfide) groups is 1. The van der Waals surface area contributed by atoms with E-state index in [0.717, 1.165) is 23.4 Å². The van der Waals surface area contributed by atoms with E-state index in [0.29, 0.717) is 16.3 Å². The van der Waals surface area contributed by atoms with Crippen molar-refractivity contribution in [2.45, 2.75) is 37.9 Å². The fraction of sp³-hybridized carbons (Fsp3) is 0.545. The van der Waals surface area contributed by atoms with E-state index in [1.165, 1.54) is 23.1 Å². The number of carbonyl (C=O) groups is 1. The van der Waals surface area contributed by atoms with Crippen LogP contribution in [0.25, 0.3) is 0 Å². The molecule has 1 N–H and O–H groups in total. The zero-order chi connectivity index (χ0) is 14.1. The molecule has 0 aliphatic heterocycles. The van der Waals surface area contributed by atoms with Crippen molar-refractivity contribution in [3.8, 4) is 0 Å². The second-order valence-corrected chi connectivity index (χ2v) is 6.78. The van der Waals surface area contributed by atoms with Crippen LogP contribution in [0, 0.1) is 13.8 Å². The topological polar surface area (TPSA) is 85.6 Å². The van der Waals surface area contributed by atoms with Gasteiger partial charge >= 0.3 is 0 Å². The molecule has 9 heteroatoms. The number of hydrogen-bond donors (Lipinski definition) is 1. The minimum absolute atomic E-state index is 0.0888. The van der Waals surface area contributed by atoms with Crippen molar-refractivity contribution in [1.29, 1.82) is 0 Å². The lowest BCUT2D eigenvalue weighted by atomic mass is 10.4. The molecule has 0 radical (unpaired) electrons. The molecule has 1 aliphatic carbocycles. The highest BCUT2D eigenvalue weighted by Gasteiger charge is 2.28. The average molecular weight is 310 g/mol. The van der Waals surface area contributed by atoms with Crippen LogP contribution in [0.1, 0.15) is 29.5 Å². The third-order valence-corrected chi connectivity index (χ3v) is 4.88. The van der Waals surface area contributed by atoms with Crippen molar-refractivity contribution in [3.05, 3.63) is 10.6 Å². The molecule has 2 aromatic rings. The van der Waals surface area contributed by atoms with Crippen molar-refractivity contribution in [2.75, 3.05) is 11.1 Å². The molecule has 3 rings (SSSR count). The monoisotopic (exact) mass is 310 g/mol. The highest BCUT2D eigenvalue weighted by molar-refractivity contribution is 7.99. The Bertz CT molecular complexity index is 613. The van der Waals surface area contributed by atoms with Gasteiger partial charge in [0.2, 0.25) is 11.1 Å². The smallest absolute Gasteiger partial charge is 0.236 e. The normalized spacial score (nSPS) is 14.5. The molecule has 0 atom stereocenters. The van der Waals surface area contributed by atoms with Gasteiger partial charge in [-0.05, 0) is 37.1 Å². The number of rotatable bonds is 5. The second kappa shape index (κ2) is 5.49. The molecule has 1 amide bonds. The Morgan fingerprint density at radius 2 is 2.30 bits per heavy atom. The first kappa shape index (κ1) is 13.5. The molecule has 1 fully saturated rings. The minimum Gasteiger partial charge on any atom is -0.301 e. The average Bonchev–Trinajstić information content (AvgIpc) is 3.06. The molecule has 0 saturated heterocycles. The van der Waals surface area contributed by atoms with Gasteiger partial charge < -0.3 is 5.32 Å². The minimum atomic E-state index is -0.0888. The molecule has 106 valence electrons. The number of hydrogen-bond acceptors (Lipinski definition) is 7. The number of nitrogens with one attached hydrogen (secondary N) is 1. The summed E-state index contributed by atoms with van der Waals surface area (Å²) in [6, 6.07) is 0.417. The van der Waals surface area contributed by atoms with Crippen molar-refractivity contribution in [3.63, 3.8) is 0 Å². The second-order valence-electron chi connectivity index (χ2n) is 4.63. The van der Waals surface area contributed by atoms with Gasteiger partial charge in [0.1, 0.15) is 0 Å². The molecule has 1 saturated carbocycles. The van der Waals surface area contributed by atoms with Gasteiger partial charge in [-0.25, -0.2) is 9.67 Å². The van der Waals surface area contributed by atoms with Crippen molar-refractivity contribution in [1.82, 2.24) is 25.2 Å². The fourth-order valence-electron chi connectivity index (χ4n) is 1.64. The molecule has 0 spiro atoms. The Balaban J connectivity index is 1.55. The van der Waals surface area contributed by atoms with Crippen LogP contribution in [0.15, 0.2) is 5.16 Å². The number of nitrogens with zero attached hydrogens (tertiary/aromatic N) is 5. The van der Waals surface area contributed by atoms with E-state index in [4.69, 9.17) is 0 Å². The van der Waals surface area contributed by atoms with Crippen LogP contribution < -0.4 is 5.32 Å². The van der Waals surface area contributed by atoms with E-state index in [2.05, 4.69) is 25.8 Å². The van der Waals surface area contributed by atoms with Gasteiger partial charge in [-0.1, -0.05) is 11.8 Å². The highest BCUT2D eigenvalue weighted by atomic mass is 32.2. The third kappa shape index (κ3) is 2.98. The molecule has 2 heterocycles. The van der Waals surface area contributed by atoms with Gasteiger partial charge in [0.25, 0.3) is 0 Å². The van der Waals surface area contributed by atoms with Gasteiger partial charge in [-0.15, -0.1) is 16.4 Å². The standard InChI is InChI=1S/C11H14N6OS2/c1-6-7(2)20-10(12-6)13-9(18)5-19-11-14-15-16-17(11)8-3-4-8/h8H,3-5H2,1-2H3,(H,12,13,18). The van der Waals surface area contributed by atoms with E-state index < -0.39 is 0 Å². The molecule has 0 bridgehead atoms. The zero-order valence-electron chi connectivity index (χ0n) is 11.2. The maximum atomic E-state index is 11.9. The molecule has 2 aromatic heterocycles. The first-order valence-electron chi connectivity index (χ1n) is 6.28. The van der Waals surface area contributed by atoms with E-state index >= 15 is 0 Å². The predicted octanol–water partition coefficient (Wildman–Crippen LogP) is 1.81. The van der Waals surface area contributed by atoms with Crippen molar-refractivity contribution < 1.29 is 4.79 Å². The SMILES string of the molecule is Cc1nc(NC(=O)CSc2nnnn2C2CC2)sc1C. The fourth-order valence-corrected chi connectivity index (χ4v) is 3.22. The Hall–Kier alpha value is -1.48. The Kier molecular flexibility index (Phi) is 3.70. The molecular weight excluding hydrogens is 296 g/mol. The van der Waals surface area contributed by atoms with Gasteiger partial charge in [-0.3, -0.25) is 4.79 Å². The summed E-state index contributed by atoms with van der Waals surface area (Å²) in [7, 11) is 0. The Morgan fingerprint density at radius 1 is 1.50 bits per heavy atom. The molecule has 0 aromatic carbocycles. The van der Waals surface area contributed by atoms with Gasteiger partial charge in [0.15, 0.2) is 5.13 Å². The highest BCUT2D eigenvalue weighted by Crippen LogP contribution is 2.36. The van der Waals surface area contributed by atoms with Crippen LogP contribution in [0.2, 0.25) is 0 Å². The summed E-state index contributed by atoms with van der Waals surface area (Å²) in [5.74, 6) is 0.194. The van der Waals surface area contributed by atoms with Crippen molar-refractivity contribution in [2.24, 2.45) is 0 Å². The van der Waals surface area contributed by atoms with Crippen LogP contribution in [0.5, 0.6) is 0 Å². The number of anilines is 1. The lowest BCUT2D eigenvalue weighted by Crippen LogP contribution is -2.14.